The molecular formula is C13H11N3O3S. The third-order valence-corrected chi connectivity index (χ3v) is 3.19. The number of carbonyl (C=O) groups is 1. The van der Waals surface area contributed by atoms with Gasteiger partial charge in [0.25, 0.3) is 5.69 Å². The van der Waals surface area contributed by atoms with E-state index in [0.717, 1.165) is 4.88 Å². The summed E-state index contributed by atoms with van der Waals surface area (Å²) < 4.78 is 0. The summed E-state index contributed by atoms with van der Waals surface area (Å²) in [6.45, 7) is 1.90. The Kier molecular flexibility index (Phi) is 4.21. The molecule has 2 rings (SSSR count). The maximum Gasteiger partial charge on any atom is 0.270 e. The van der Waals surface area contributed by atoms with Crippen molar-refractivity contribution >= 4 is 34.1 Å². The number of hydrogen-bond donors (Lipinski definition) is 1. The van der Waals surface area contributed by atoms with Gasteiger partial charge in [0.2, 0.25) is 5.91 Å². The van der Waals surface area contributed by atoms with Crippen molar-refractivity contribution in [3.63, 3.8) is 0 Å². The van der Waals surface area contributed by atoms with Gasteiger partial charge in [-0.3, -0.25) is 20.2 Å². The first kappa shape index (κ1) is 13.9. The number of rotatable bonds is 4. The van der Waals surface area contributed by atoms with Crippen LogP contribution in [0.3, 0.4) is 0 Å². The van der Waals surface area contributed by atoms with Crippen molar-refractivity contribution in [3.8, 4) is 0 Å². The lowest BCUT2D eigenvalue weighted by molar-refractivity contribution is -0.384. The first-order chi connectivity index (χ1) is 9.54. The van der Waals surface area contributed by atoms with Gasteiger partial charge in [-0.15, -0.1) is 11.3 Å². The van der Waals surface area contributed by atoms with E-state index in [0.29, 0.717) is 10.7 Å². The lowest BCUT2D eigenvalue weighted by Crippen LogP contribution is -2.07. The molecule has 1 heterocycles. The second-order valence-corrected chi connectivity index (χ2v) is 5.19. The largest absolute Gasteiger partial charge is 0.298 e. The van der Waals surface area contributed by atoms with Crippen molar-refractivity contribution in [2.45, 2.75) is 6.92 Å². The van der Waals surface area contributed by atoms with Gasteiger partial charge in [0.1, 0.15) is 0 Å². The Morgan fingerprint density at radius 1 is 1.50 bits per heavy atom. The molecular weight excluding hydrogens is 278 g/mol. The van der Waals surface area contributed by atoms with Crippen molar-refractivity contribution in [1.82, 2.24) is 4.98 Å². The predicted octanol–water partition coefficient (Wildman–Crippen LogP) is 3.01. The van der Waals surface area contributed by atoms with Gasteiger partial charge in [-0.05, 0) is 18.6 Å². The second kappa shape index (κ2) is 6.07. The molecule has 1 N–H and O–H groups in total. The van der Waals surface area contributed by atoms with Gasteiger partial charge < -0.3 is 0 Å². The molecule has 6 nitrogen and oxygen atoms in total. The van der Waals surface area contributed by atoms with Crippen LogP contribution in [0.15, 0.2) is 36.5 Å². The van der Waals surface area contributed by atoms with Gasteiger partial charge in [-0.2, -0.15) is 0 Å². The van der Waals surface area contributed by atoms with E-state index in [4.69, 9.17) is 0 Å². The standard InChI is InChI=1S/C13H11N3O3S/c1-9-8-14-13(20-9)15-12(17)6-5-10-3-2-4-11(7-10)16(18)19/h2-8H,1H3,(H,14,15,17)/b6-5-. The fourth-order valence-electron chi connectivity index (χ4n) is 1.47. The number of non-ortho nitro benzene ring substituents is 1. The molecule has 0 fully saturated rings. The predicted molar refractivity (Wildman–Crippen MR) is 77.6 cm³/mol. The van der Waals surface area contributed by atoms with Crippen LogP contribution in [-0.2, 0) is 4.79 Å². The van der Waals surface area contributed by atoms with Crippen molar-refractivity contribution in [3.05, 3.63) is 57.1 Å². The SMILES string of the molecule is Cc1cnc(NC(=O)/C=C\c2cccc([N+](=O)[O-])c2)s1. The number of amides is 1. The molecule has 0 aliphatic carbocycles. The minimum atomic E-state index is -0.476. The fourth-order valence-corrected chi connectivity index (χ4v) is 2.14. The number of anilines is 1. The quantitative estimate of drug-likeness (QED) is 0.532. The Hall–Kier alpha value is -2.54. The van der Waals surface area contributed by atoms with E-state index in [9.17, 15) is 14.9 Å². The Bertz CT molecular complexity index is 679. The zero-order valence-corrected chi connectivity index (χ0v) is 11.4. The van der Waals surface area contributed by atoms with Gasteiger partial charge in [-0.25, -0.2) is 4.98 Å². The van der Waals surface area contributed by atoms with Crippen molar-refractivity contribution in [2.75, 3.05) is 5.32 Å². The number of aromatic nitrogens is 1. The van der Waals surface area contributed by atoms with Crippen molar-refractivity contribution < 1.29 is 9.72 Å². The van der Waals surface area contributed by atoms with Crippen LogP contribution in [-0.4, -0.2) is 15.8 Å². The average molecular weight is 289 g/mol. The second-order valence-electron chi connectivity index (χ2n) is 3.95. The minimum absolute atomic E-state index is 0.0110. The first-order valence-electron chi connectivity index (χ1n) is 5.70. The van der Waals surface area contributed by atoms with E-state index in [1.165, 1.54) is 35.6 Å². The van der Waals surface area contributed by atoms with Crippen LogP contribution in [0.4, 0.5) is 10.8 Å². The zero-order chi connectivity index (χ0) is 14.5. The maximum atomic E-state index is 11.6. The number of carbonyl (C=O) groups excluding carboxylic acids is 1. The van der Waals surface area contributed by atoms with Crippen LogP contribution in [0.1, 0.15) is 10.4 Å². The fraction of sp³-hybridized carbons (Fsp3) is 0.0769. The summed E-state index contributed by atoms with van der Waals surface area (Å²) in [6.07, 6.45) is 4.50. The number of thiazole rings is 1. The summed E-state index contributed by atoms with van der Waals surface area (Å²) in [6, 6.07) is 6.05. The Balaban J connectivity index is 2.03. The molecule has 1 aromatic heterocycles. The minimum Gasteiger partial charge on any atom is -0.298 e. The van der Waals surface area contributed by atoms with Crippen LogP contribution < -0.4 is 5.32 Å². The molecule has 1 aromatic carbocycles. The highest BCUT2D eigenvalue weighted by Gasteiger charge is 2.05. The van der Waals surface area contributed by atoms with Gasteiger partial charge in [0.05, 0.1) is 4.92 Å². The number of aryl methyl sites for hydroxylation is 1. The molecule has 0 unspecified atom stereocenters. The molecule has 7 heteroatoms. The van der Waals surface area contributed by atoms with E-state index >= 15 is 0 Å². The lowest BCUT2D eigenvalue weighted by Gasteiger charge is -1.96. The monoisotopic (exact) mass is 289 g/mol. The number of nitro groups is 1. The molecule has 2 aromatic rings. The molecule has 0 atom stereocenters. The lowest BCUT2D eigenvalue weighted by atomic mass is 10.2. The summed E-state index contributed by atoms with van der Waals surface area (Å²) in [7, 11) is 0. The molecule has 0 radical (unpaired) electrons. The molecule has 1 amide bonds. The first-order valence-corrected chi connectivity index (χ1v) is 6.52. The average Bonchev–Trinajstić information content (AvgIpc) is 2.82. The molecule has 20 heavy (non-hydrogen) atoms. The topological polar surface area (TPSA) is 85.1 Å². The summed E-state index contributed by atoms with van der Waals surface area (Å²) in [5, 5.41) is 13.8. The van der Waals surface area contributed by atoms with E-state index in [1.54, 1.807) is 18.3 Å². The van der Waals surface area contributed by atoms with Crippen LogP contribution in [0, 0.1) is 17.0 Å². The van der Waals surface area contributed by atoms with Gasteiger partial charge >= 0.3 is 0 Å². The Morgan fingerprint density at radius 3 is 2.95 bits per heavy atom. The highest BCUT2D eigenvalue weighted by molar-refractivity contribution is 7.15. The molecule has 0 aliphatic rings. The molecule has 0 aliphatic heterocycles. The van der Waals surface area contributed by atoms with Crippen molar-refractivity contribution in [2.24, 2.45) is 0 Å². The third-order valence-electron chi connectivity index (χ3n) is 2.36. The van der Waals surface area contributed by atoms with E-state index in [1.807, 2.05) is 6.92 Å². The zero-order valence-electron chi connectivity index (χ0n) is 10.6. The van der Waals surface area contributed by atoms with Crippen molar-refractivity contribution in [1.29, 1.82) is 0 Å². The normalized spacial score (nSPS) is 10.7. The van der Waals surface area contributed by atoms with Crippen LogP contribution in [0.2, 0.25) is 0 Å². The highest BCUT2D eigenvalue weighted by atomic mass is 32.1. The summed E-state index contributed by atoms with van der Waals surface area (Å²) >= 11 is 1.38. The highest BCUT2D eigenvalue weighted by Crippen LogP contribution is 2.17. The molecule has 102 valence electrons. The number of nitrogens with one attached hydrogen (secondary N) is 1. The Labute approximate surface area is 118 Å². The number of hydrogen-bond acceptors (Lipinski definition) is 5. The summed E-state index contributed by atoms with van der Waals surface area (Å²) in [5.74, 6) is -0.328. The molecule has 0 saturated heterocycles. The maximum absolute atomic E-state index is 11.6. The van der Waals surface area contributed by atoms with Gasteiger partial charge in [0.15, 0.2) is 5.13 Å². The number of nitro benzene ring substituents is 1. The van der Waals surface area contributed by atoms with Gasteiger partial charge in [0, 0.05) is 29.3 Å². The van der Waals surface area contributed by atoms with Crippen LogP contribution in [0.25, 0.3) is 6.08 Å². The third kappa shape index (κ3) is 3.72. The van der Waals surface area contributed by atoms with E-state index in [-0.39, 0.29) is 11.6 Å². The number of nitrogens with zero attached hydrogens (tertiary/aromatic N) is 2. The summed E-state index contributed by atoms with van der Waals surface area (Å²) in [4.78, 5) is 26.8. The van der Waals surface area contributed by atoms with Crippen LogP contribution in [0.5, 0.6) is 0 Å². The van der Waals surface area contributed by atoms with Gasteiger partial charge in [-0.1, -0.05) is 12.1 Å². The smallest absolute Gasteiger partial charge is 0.270 e. The van der Waals surface area contributed by atoms with E-state index in [2.05, 4.69) is 10.3 Å². The van der Waals surface area contributed by atoms with E-state index < -0.39 is 4.92 Å². The molecule has 0 bridgehead atoms. The Morgan fingerprint density at radius 2 is 2.30 bits per heavy atom. The van der Waals surface area contributed by atoms with Crippen LogP contribution >= 0.6 is 11.3 Å². The summed E-state index contributed by atoms with van der Waals surface area (Å²) in [5.41, 5.74) is 0.577. The molecule has 0 saturated carbocycles. The number of benzene rings is 1. The molecule has 0 spiro atoms.